The monoisotopic (exact) mass is 219 g/mol. The maximum Gasteiger partial charge on any atom is 0.310 e. The van der Waals surface area contributed by atoms with Crippen molar-refractivity contribution >= 4 is 16.8 Å². The lowest BCUT2D eigenvalue weighted by Gasteiger charge is -2.08. The van der Waals surface area contributed by atoms with Crippen LogP contribution in [-0.4, -0.2) is 20.7 Å². The number of amides is 1. The van der Waals surface area contributed by atoms with Crippen LogP contribution in [0.15, 0.2) is 29.1 Å². The van der Waals surface area contributed by atoms with Gasteiger partial charge in [0.25, 0.3) is 5.56 Å². The molecule has 0 radical (unpaired) electrons. The molecule has 1 aromatic carbocycles. The van der Waals surface area contributed by atoms with Gasteiger partial charge in [-0.05, 0) is 12.1 Å². The summed E-state index contributed by atoms with van der Waals surface area (Å²) < 4.78 is 1.45. The van der Waals surface area contributed by atoms with Crippen molar-refractivity contribution in [2.45, 2.75) is 0 Å². The van der Waals surface area contributed by atoms with Crippen molar-refractivity contribution in [2.24, 2.45) is 7.05 Å². The van der Waals surface area contributed by atoms with Crippen molar-refractivity contribution in [3.63, 3.8) is 0 Å². The third-order valence-electron chi connectivity index (χ3n) is 2.33. The summed E-state index contributed by atoms with van der Waals surface area (Å²) in [4.78, 5) is 26.4. The molecule has 0 aliphatic rings. The van der Waals surface area contributed by atoms with E-state index in [4.69, 9.17) is 5.21 Å². The first-order valence-corrected chi connectivity index (χ1v) is 4.55. The number of benzene rings is 1. The highest BCUT2D eigenvalue weighted by Gasteiger charge is 2.13. The number of hydrogen-bond donors (Lipinski definition) is 2. The maximum absolute atomic E-state index is 11.6. The van der Waals surface area contributed by atoms with Gasteiger partial charge in [0.2, 0.25) is 5.82 Å². The van der Waals surface area contributed by atoms with E-state index in [1.807, 2.05) is 0 Å². The summed E-state index contributed by atoms with van der Waals surface area (Å²) in [6, 6.07) is 6.80. The molecular weight excluding hydrogens is 210 g/mol. The van der Waals surface area contributed by atoms with E-state index in [1.54, 1.807) is 31.3 Å². The standard InChI is InChI=1S/C10H9N3O3/c1-13-7-5-3-2-4-6(7)9(14)11-8(13)10(15)12-16/h2-5,16H,1H3,(H,12,15). The minimum Gasteiger partial charge on any atom is -0.324 e. The normalized spacial score (nSPS) is 10.4. The second kappa shape index (κ2) is 3.74. The number of aromatic nitrogens is 2. The maximum atomic E-state index is 11.6. The molecule has 0 unspecified atom stereocenters. The summed E-state index contributed by atoms with van der Waals surface area (Å²) in [6.45, 7) is 0. The molecule has 1 heterocycles. The molecule has 2 aromatic rings. The van der Waals surface area contributed by atoms with Gasteiger partial charge in [0, 0.05) is 7.05 Å². The van der Waals surface area contributed by atoms with Gasteiger partial charge < -0.3 is 4.57 Å². The molecule has 2 N–H and O–H groups in total. The van der Waals surface area contributed by atoms with E-state index < -0.39 is 11.5 Å². The quantitative estimate of drug-likeness (QED) is 0.524. The minimum atomic E-state index is -0.814. The van der Waals surface area contributed by atoms with Gasteiger partial charge in [-0.15, -0.1) is 0 Å². The van der Waals surface area contributed by atoms with Gasteiger partial charge in [0.1, 0.15) is 0 Å². The van der Waals surface area contributed by atoms with Crippen LogP contribution in [0.4, 0.5) is 0 Å². The first-order valence-electron chi connectivity index (χ1n) is 4.55. The van der Waals surface area contributed by atoms with Crippen LogP contribution in [0.5, 0.6) is 0 Å². The highest BCUT2D eigenvalue weighted by molar-refractivity contribution is 5.92. The average Bonchev–Trinajstić information content (AvgIpc) is 2.33. The molecule has 0 saturated heterocycles. The zero-order valence-corrected chi connectivity index (χ0v) is 8.47. The van der Waals surface area contributed by atoms with E-state index in [9.17, 15) is 9.59 Å². The number of nitrogens with one attached hydrogen (secondary N) is 1. The van der Waals surface area contributed by atoms with E-state index in [0.717, 1.165) is 0 Å². The van der Waals surface area contributed by atoms with Gasteiger partial charge in [-0.1, -0.05) is 12.1 Å². The fourth-order valence-electron chi connectivity index (χ4n) is 1.55. The molecule has 2 rings (SSSR count). The van der Waals surface area contributed by atoms with E-state index >= 15 is 0 Å². The zero-order valence-electron chi connectivity index (χ0n) is 8.47. The Morgan fingerprint density at radius 1 is 1.44 bits per heavy atom. The van der Waals surface area contributed by atoms with Gasteiger partial charge >= 0.3 is 5.91 Å². The molecule has 0 saturated carbocycles. The number of hydrogen-bond acceptors (Lipinski definition) is 4. The molecule has 0 bridgehead atoms. The van der Waals surface area contributed by atoms with E-state index in [-0.39, 0.29) is 5.82 Å². The van der Waals surface area contributed by atoms with E-state index in [0.29, 0.717) is 10.9 Å². The summed E-state index contributed by atoms with van der Waals surface area (Å²) in [5.41, 5.74) is 1.54. The third-order valence-corrected chi connectivity index (χ3v) is 2.33. The van der Waals surface area contributed by atoms with E-state index in [2.05, 4.69) is 4.98 Å². The van der Waals surface area contributed by atoms with Crippen LogP contribution < -0.4 is 11.0 Å². The molecule has 16 heavy (non-hydrogen) atoms. The summed E-state index contributed by atoms with van der Waals surface area (Å²) in [5.74, 6) is -0.948. The number of nitrogens with zero attached hydrogens (tertiary/aromatic N) is 2. The van der Waals surface area contributed by atoms with Crippen LogP contribution in [0.25, 0.3) is 10.9 Å². The summed E-state index contributed by atoms with van der Waals surface area (Å²) in [6.07, 6.45) is 0. The highest BCUT2D eigenvalue weighted by Crippen LogP contribution is 2.09. The third kappa shape index (κ3) is 1.45. The number of aryl methyl sites for hydroxylation is 1. The molecule has 0 aliphatic carbocycles. The Labute approximate surface area is 90.1 Å². The molecule has 1 aromatic heterocycles. The van der Waals surface area contributed by atoms with Crippen LogP contribution in [-0.2, 0) is 7.05 Å². The minimum absolute atomic E-state index is 0.133. The predicted octanol–water partition coefficient (Wildman–Crippen LogP) is 0.0525. The second-order valence-electron chi connectivity index (χ2n) is 3.26. The number of para-hydroxylation sites is 1. The van der Waals surface area contributed by atoms with Crippen LogP contribution >= 0.6 is 0 Å². The van der Waals surface area contributed by atoms with Crippen molar-refractivity contribution in [1.29, 1.82) is 0 Å². The van der Waals surface area contributed by atoms with Crippen LogP contribution in [0, 0.1) is 0 Å². The molecule has 1 amide bonds. The van der Waals surface area contributed by atoms with Gasteiger partial charge in [-0.25, -0.2) is 5.48 Å². The molecule has 0 spiro atoms. The molecule has 0 atom stereocenters. The smallest absolute Gasteiger partial charge is 0.310 e. The number of fused-ring (bicyclic) bond motifs is 1. The van der Waals surface area contributed by atoms with Crippen LogP contribution in [0.1, 0.15) is 10.6 Å². The Hall–Kier alpha value is -2.21. The first-order chi connectivity index (χ1) is 7.65. The molecule has 0 fully saturated rings. The van der Waals surface area contributed by atoms with Gasteiger partial charge in [-0.2, -0.15) is 4.98 Å². The number of carbonyl (C=O) groups excluding carboxylic acids is 1. The second-order valence-corrected chi connectivity index (χ2v) is 3.26. The molecule has 82 valence electrons. The summed E-state index contributed by atoms with van der Waals surface area (Å²) in [7, 11) is 1.60. The average molecular weight is 219 g/mol. The Morgan fingerprint density at radius 3 is 2.81 bits per heavy atom. The summed E-state index contributed by atoms with van der Waals surface area (Å²) in [5, 5.41) is 8.95. The van der Waals surface area contributed by atoms with Gasteiger partial charge in [0.05, 0.1) is 10.9 Å². The Morgan fingerprint density at radius 2 is 2.12 bits per heavy atom. The molecule has 0 aliphatic heterocycles. The van der Waals surface area contributed by atoms with E-state index in [1.165, 1.54) is 10.0 Å². The number of hydroxylamine groups is 1. The number of rotatable bonds is 1. The lowest BCUT2D eigenvalue weighted by atomic mass is 10.2. The number of carbonyl (C=O) groups is 1. The van der Waals surface area contributed by atoms with Crippen molar-refractivity contribution in [1.82, 2.24) is 15.0 Å². The fraction of sp³-hybridized carbons (Fsp3) is 0.100. The largest absolute Gasteiger partial charge is 0.324 e. The molecule has 6 heteroatoms. The zero-order chi connectivity index (χ0) is 11.7. The SMILES string of the molecule is Cn1c(C(=O)NO)nc(=O)c2ccccc21. The molecule has 6 nitrogen and oxygen atoms in total. The van der Waals surface area contributed by atoms with Crippen molar-refractivity contribution in [3.05, 3.63) is 40.4 Å². The Balaban J connectivity index is 2.86. The van der Waals surface area contributed by atoms with Crippen molar-refractivity contribution in [2.75, 3.05) is 0 Å². The van der Waals surface area contributed by atoms with Crippen LogP contribution in [0.2, 0.25) is 0 Å². The Bertz CT molecular complexity index is 618. The van der Waals surface area contributed by atoms with Crippen LogP contribution in [0.3, 0.4) is 0 Å². The lowest BCUT2D eigenvalue weighted by Crippen LogP contribution is -2.28. The topological polar surface area (TPSA) is 84.2 Å². The van der Waals surface area contributed by atoms with Crippen molar-refractivity contribution < 1.29 is 10.0 Å². The first kappa shape index (κ1) is 10.3. The highest BCUT2D eigenvalue weighted by atomic mass is 16.5. The fourth-order valence-corrected chi connectivity index (χ4v) is 1.55. The van der Waals surface area contributed by atoms with Gasteiger partial charge in [0.15, 0.2) is 0 Å². The summed E-state index contributed by atoms with van der Waals surface area (Å²) >= 11 is 0. The molecular formula is C10H9N3O3. The van der Waals surface area contributed by atoms with Gasteiger partial charge in [-0.3, -0.25) is 14.8 Å². The lowest BCUT2D eigenvalue weighted by molar-refractivity contribution is 0.0690. The predicted molar refractivity (Wildman–Crippen MR) is 56.2 cm³/mol. The Kier molecular flexibility index (Phi) is 2.41. The van der Waals surface area contributed by atoms with Crippen molar-refractivity contribution in [3.8, 4) is 0 Å².